The first-order valence-corrected chi connectivity index (χ1v) is 3.92. The van der Waals surface area contributed by atoms with Crippen LogP contribution in [0.1, 0.15) is 19.3 Å². The number of carbonyl (C=O) groups excluding carboxylic acids is 1. The van der Waals surface area contributed by atoms with Crippen LogP contribution in [0.3, 0.4) is 0 Å². The van der Waals surface area contributed by atoms with Crippen LogP contribution in [-0.2, 0) is 9.53 Å². The van der Waals surface area contributed by atoms with Gasteiger partial charge in [0, 0.05) is 5.57 Å². The van der Waals surface area contributed by atoms with Crippen molar-refractivity contribution in [3.8, 4) is 0 Å². The van der Waals surface area contributed by atoms with E-state index in [0.717, 1.165) is 6.42 Å². The molecule has 1 aliphatic rings. The maximum absolute atomic E-state index is 11.1. The standard InChI is InChI=1S/C9H12O3.Na/c1-2-6-12-9(11)7-4-3-5-8(7)10;/h2,10H,1,3-6H2;/q;+1/p-1. The average molecular weight is 190 g/mol. The van der Waals surface area contributed by atoms with E-state index in [4.69, 9.17) is 4.74 Å². The molecule has 0 aromatic carbocycles. The molecular weight excluding hydrogens is 179 g/mol. The minimum Gasteiger partial charge on any atom is -0.875 e. The van der Waals surface area contributed by atoms with Gasteiger partial charge in [0.1, 0.15) is 6.61 Å². The van der Waals surface area contributed by atoms with Gasteiger partial charge in [0.2, 0.25) is 0 Å². The van der Waals surface area contributed by atoms with Crippen molar-refractivity contribution < 1.29 is 44.2 Å². The molecule has 0 aliphatic heterocycles. The van der Waals surface area contributed by atoms with Gasteiger partial charge in [0.05, 0.1) is 0 Å². The molecule has 0 bridgehead atoms. The summed E-state index contributed by atoms with van der Waals surface area (Å²) in [4.78, 5) is 11.1. The van der Waals surface area contributed by atoms with E-state index in [0.29, 0.717) is 18.4 Å². The van der Waals surface area contributed by atoms with Gasteiger partial charge in [-0.15, -0.1) is 5.76 Å². The molecule has 1 aliphatic carbocycles. The summed E-state index contributed by atoms with van der Waals surface area (Å²) in [6.45, 7) is 3.58. The van der Waals surface area contributed by atoms with Crippen molar-refractivity contribution in [2.45, 2.75) is 19.3 Å². The molecule has 0 unspecified atom stereocenters. The van der Waals surface area contributed by atoms with Gasteiger partial charge < -0.3 is 9.84 Å². The SMILES string of the molecule is C=CCOC(=O)C1=C([O-])CCC1.[Na+]. The molecule has 0 amide bonds. The first kappa shape index (κ1) is 12.8. The summed E-state index contributed by atoms with van der Waals surface area (Å²) in [5, 5.41) is 11.0. The summed E-state index contributed by atoms with van der Waals surface area (Å²) in [6, 6.07) is 0. The van der Waals surface area contributed by atoms with Crippen LogP contribution in [-0.4, -0.2) is 12.6 Å². The van der Waals surface area contributed by atoms with Crippen LogP contribution in [0.25, 0.3) is 0 Å². The van der Waals surface area contributed by atoms with E-state index in [1.54, 1.807) is 0 Å². The third-order valence-electron chi connectivity index (χ3n) is 1.75. The quantitative estimate of drug-likeness (QED) is 0.281. The number of allylic oxidation sites excluding steroid dienone is 1. The number of hydrogen-bond acceptors (Lipinski definition) is 3. The molecule has 0 fully saturated rings. The number of carbonyl (C=O) groups is 1. The van der Waals surface area contributed by atoms with Gasteiger partial charge in [0.15, 0.2) is 0 Å². The topological polar surface area (TPSA) is 49.4 Å². The Hall–Kier alpha value is -0.250. The Morgan fingerprint density at radius 2 is 2.31 bits per heavy atom. The Morgan fingerprint density at radius 3 is 2.77 bits per heavy atom. The van der Waals surface area contributed by atoms with Crippen molar-refractivity contribution in [2.75, 3.05) is 6.61 Å². The molecule has 0 heterocycles. The van der Waals surface area contributed by atoms with Crippen LogP contribution in [0, 0.1) is 0 Å². The van der Waals surface area contributed by atoms with Crippen LogP contribution in [0.2, 0.25) is 0 Å². The second kappa shape index (κ2) is 6.24. The van der Waals surface area contributed by atoms with Gasteiger partial charge in [-0.2, -0.15) is 0 Å². The van der Waals surface area contributed by atoms with E-state index >= 15 is 0 Å². The van der Waals surface area contributed by atoms with Crippen molar-refractivity contribution in [3.05, 3.63) is 24.0 Å². The average Bonchev–Trinajstić information content (AvgIpc) is 2.47. The summed E-state index contributed by atoms with van der Waals surface area (Å²) in [5.41, 5.74) is 0.317. The molecule has 0 saturated carbocycles. The van der Waals surface area contributed by atoms with E-state index in [1.165, 1.54) is 6.08 Å². The minimum absolute atomic E-state index is 0. The van der Waals surface area contributed by atoms with Crippen LogP contribution in [0.4, 0.5) is 0 Å². The molecule has 0 atom stereocenters. The first-order valence-electron chi connectivity index (χ1n) is 3.92. The number of hydrogen-bond donors (Lipinski definition) is 0. The molecule has 0 saturated heterocycles. The van der Waals surface area contributed by atoms with E-state index in [1.807, 2.05) is 0 Å². The fraction of sp³-hybridized carbons (Fsp3) is 0.444. The zero-order valence-corrected chi connectivity index (χ0v) is 9.84. The Bertz CT molecular complexity index is 233. The summed E-state index contributed by atoms with van der Waals surface area (Å²) >= 11 is 0. The fourth-order valence-electron chi connectivity index (χ4n) is 1.15. The number of ether oxygens (including phenoxy) is 1. The Kier molecular flexibility index (Phi) is 6.12. The largest absolute Gasteiger partial charge is 1.00 e. The predicted octanol–water partition coefficient (Wildman–Crippen LogP) is -2.48. The van der Waals surface area contributed by atoms with Gasteiger partial charge in [-0.1, -0.05) is 12.7 Å². The second-order valence-electron chi connectivity index (χ2n) is 2.64. The van der Waals surface area contributed by atoms with Gasteiger partial charge in [0.25, 0.3) is 0 Å². The molecule has 4 heteroatoms. The van der Waals surface area contributed by atoms with E-state index < -0.39 is 5.97 Å². The van der Waals surface area contributed by atoms with Crippen LogP contribution >= 0.6 is 0 Å². The molecule has 3 nitrogen and oxygen atoms in total. The molecule has 0 radical (unpaired) electrons. The van der Waals surface area contributed by atoms with Crippen LogP contribution in [0.15, 0.2) is 24.0 Å². The van der Waals surface area contributed by atoms with Crippen molar-refractivity contribution in [3.63, 3.8) is 0 Å². The van der Waals surface area contributed by atoms with Crippen molar-refractivity contribution in [1.29, 1.82) is 0 Å². The zero-order valence-electron chi connectivity index (χ0n) is 7.84. The van der Waals surface area contributed by atoms with E-state index in [2.05, 4.69) is 6.58 Å². The number of rotatable bonds is 3. The summed E-state index contributed by atoms with van der Waals surface area (Å²) in [6.07, 6.45) is 3.31. The molecule has 0 spiro atoms. The Labute approximate surface area is 99.8 Å². The smallest absolute Gasteiger partial charge is 0.875 e. The van der Waals surface area contributed by atoms with E-state index in [9.17, 15) is 9.90 Å². The molecule has 0 aromatic rings. The summed E-state index contributed by atoms with van der Waals surface area (Å²) in [5.74, 6) is -0.540. The summed E-state index contributed by atoms with van der Waals surface area (Å²) < 4.78 is 4.73. The van der Waals surface area contributed by atoms with Crippen molar-refractivity contribution in [1.82, 2.24) is 0 Å². The molecular formula is C9H11NaO3. The van der Waals surface area contributed by atoms with Gasteiger partial charge in [-0.25, -0.2) is 4.79 Å². The van der Waals surface area contributed by atoms with Gasteiger partial charge in [-0.05, 0) is 19.3 Å². The zero-order chi connectivity index (χ0) is 8.97. The maximum Gasteiger partial charge on any atom is 1.00 e. The van der Waals surface area contributed by atoms with Crippen LogP contribution in [0.5, 0.6) is 0 Å². The maximum atomic E-state index is 11.1. The Balaban J connectivity index is 0.00000144. The monoisotopic (exact) mass is 190 g/mol. The molecule has 0 N–H and O–H groups in total. The molecule has 13 heavy (non-hydrogen) atoms. The van der Waals surface area contributed by atoms with Crippen molar-refractivity contribution in [2.24, 2.45) is 0 Å². The first-order chi connectivity index (χ1) is 5.75. The van der Waals surface area contributed by atoms with Gasteiger partial charge in [-0.3, -0.25) is 0 Å². The molecule has 66 valence electrons. The second-order valence-corrected chi connectivity index (χ2v) is 2.64. The molecule has 1 rings (SSSR count). The predicted molar refractivity (Wildman–Crippen MR) is 42.0 cm³/mol. The third-order valence-corrected chi connectivity index (χ3v) is 1.75. The fourth-order valence-corrected chi connectivity index (χ4v) is 1.15. The molecule has 0 aromatic heterocycles. The van der Waals surface area contributed by atoms with Crippen molar-refractivity contribution >= 4 is 5.97 Å². The number of esters is 1. The summed E-state index contributed by atoms with van der Waals surface area (Å²) in [7, 11) is 0. The normalized spacial score (nSPS) is 15.1. The Morgan fingerprint density at radius 1 is 1.62 bits per heavy atom. The van der Waals surface area contributed by atoms with Gasteiger partial charge >= 0.3 is 35.5 Å². The van der Waals surface area contributed by atoms with Crippen LogP contribution < -0.4 is 34.7 Å². The minimum atomic E-state index is -0.475. The third kappa shape index (κ3) is 3.55. The van der Waals surface area contributed by atoms with E-state index in [-0.39, 0.29) is 41.9 Å².